The van der Waals surface area contributed by atoms with Gasteiger partial charge < -0.3 is 4.74 Å². The van der Waals surface area contributed by atoms with Gasteiger partial charge in [0.15, 0.2) is 0 Å². The molecule has 0 aromatic heterocycles. The monoisotopic (exact) mass is 286 g/mol. The molecule has 1 heteroatoms. The van der Waals surface area contributed by atoms with Crippen LogP contribution in [-0.2, 0) is 0 Å². The van der Waals surface area contributed by atoms with Crippen molar-refractivity contribution in [3.8, 4) is 5.75 Å². The van der Waals surface area contributed by atoms with Crippen molar-refractivity contribution < 1.29 is 4.74 Å². The molecule has 0 amide bonds. The average molecular weight is 286 g/mol. The van der Waals surface area contributed by atoms with E-state index < -0.39 is 0 Å². The molecule has 1 atom stereocenters. The molecule has 0 N–H and O–H groups in total. The van der Waals surface area contributed by atoms with Crippen LogP contribution in [0.4, 0.5) is 0 Å². The molecule has 1 aliphatic rings. The van der Waals surface area contributed by atoms with E-state index in [1.54, 1.807) is 0 Å². The van der Waals surface area contributed by atoms with Crippen LogP contribution in [-0.4, -0.2) is 5.60 Å². The third kappa shape index (κ3) is 3.51. The van der Waals surface area contributed by atoms with Gasteiger partial charge >= 0.3 is 0 Å². The van der Waals surface area contributed by atoms with E-state index in [0.29, 0.717) is 11.8 Å². The molecule has 0 saturated heterocycles. The summed E-state index contributed by atoms with van der Waals surface area (Å²) in [5.41, 5.74) is 4.06. The molecule has 21 heavy (non-hydrogen) atoms. The molecule has 0 aliphatic heterocycles. The quantitative estimate of drug-likeness (QED) is 0.615. The van der Waals surface area contributed by atoms with Crippen LogP contribution in [0.2, 0.25) is 0 Å². The lowest BCUT2D eigenvalue weighted by Gasteiger charge is -2.40. The molecule has 0 radical (unpaired) electrons. The SMILES string of the molecule is CC1=CC[C@](Oc2cc(C(C)C)ccc2C)(C(C)C)CC1. The van der Waals surface area contributed by atoms with E-state index in [-0.39, 0.29) is 5.60 Å². The third-order valence-corrected chi connectivity index (χ3v) is 4.98. The summed E-state index contributed by atoms with van der Waals surface area (Å²) in [6.07, 6.45) is 5.67. The van der Waals surface area contributed by atoms with E-state index >= 15 is 0 Å². The highest BCUT2D eigenvalue weighted by Crippen LogP contribution is 2.39. The van der Waals surface area contributed by atoms with Gasteiger partial charge in [-0.05, 0) is 55.7 Å². The summed E-state index contributed by atoms with van der Waals surface area (Å²) < 4.78 is 6.63. The number of hydrogen-bond acceptors (Lipinski definition) is 1. The van der Waals surface area contributed by atoms with Crippen LogP contribution in [0.3, 0.4) is 0 Å². The summed E-state index contributed by atoms with van der Waals surface area (Å²) in [6, 6.07) is 6.66. The van der Waals surface area contributed by atoms with Gasteiger partial charge in [-0.2, -0.15) is 0 Å². The standard InChI is InChI=1S/C20H30O/c1-14(2)18-8-7-17(6)19(13-18)21-20(15(3)4)11-9-16(5)10-12-20/h7-9,13-15H,10-12H2,1-6H3/t20-/m1/s1. The fourth-order valence-electron chi connectivity index (χ4n) is 3.00. The van der Waals surface area contributed by atoms with Gasteiger partial charge in [0.05, 0.1) is 0 Å². The number of ether oxygens (including phenoxy) is 1. The first-order chi connectivity index (χ1) is 9.84. The van der Waals surface area contributed by atoms with Crippen molar-refractivity contribution in [3.63, 3.8) is 0 Å². The van der Waals surface area contributed by atoms with Gasteiger partial charge in [0.2, 0.25) is 0 Å². The lowest BCUT2D eigenvalue weighted by atomic mass is 9.78. The molecule has 2 rings (SSSR count). The van der Waals surface area contributed by atoms with Gasteiger partial charge in [-0.3, -0.25) is 0 Å². The van der Waals surface area contributed by atoms with E-state index in [2.05, 4.69) is 65.8 Å². The summed E-state index contributed by atoms with van der Waals surface area (Å²) in [5, 5.41) is 0. The number of hydrogen-bond donors (Lipinski definition) is 0. The first-order valence-corrected chi connectivity index (χ1v) is 8.29. The van der Waals surface area contributed by atoms with Crippen LogP contribution in [0.15, 0.2) is 29.8 Å². The van der Waals surface area contributed by atoms with Crippen molar-refractivity contribution in [2.24, 2.45) is 5.92 Å². The summed E-state index contributed by atoms with van der Waals surface area (Å²) in [5.74, 6) is 2.13. The molecule has 0 fully saturated rings. The summed E-state index contributed by atoms with van der Waals surface area (Å²) in [6.45, 7) is 13.4. The minimum atomic E-state index is -0.0418. The molecule has 1 aromatic rings. The Balaban J connectivity index is 2.32. The highest BCUT2D eigenvalue weighted by atomic mass is 16.5. The van der Waals surface area contributed by atoms with E-state index in [1.165, 1.54) is 16.7 Å². The van der Waals surface area contributed by atoms with Crippen LogP contribution in [0.5, 0.6) is 5.75 Å². The van der Waals surface area contributed by atoms with Crippen molar-refractivity contribution >= 4 is 0 Å². The second-order valence-electron chi connectivity index (χ2n) is 7.26. The average Bonchev–Trinajstić information content (AvgIpc) is 2.43. The topological polar surface area (TPSA) is 9.23 Å². The van der Waals surface area contributed by atoms with Crippen LogP contribution < -0.4 is 4.74 Å². The minimum absolute atomic E-state index is 0.0418. The van der Waals surface area contributed by atoms with Crippen LogP contribution in [0.25, 0.3) is 0 Å². The molecule has 0 unspecified atom stereocenters. The van der Waals surface area contributed by atoms with Crippen LogP contribution in [0.1, 0.15) is 70.9 Å². The van der Waals surface area contributed by atoms with Gasteiger partial charge in [-0.15, -0.1) is 0 Å². The molecule has 1 aliphatic carbocycles. The van der Waals surface area contributed by atoms with Gasteiger partial charge in [0, 0.05) is 6.42 Å². The summed E-state index contributed by atoms with van der Waals surface area (Å²) >= 11 is 0. The van der Waals surface area contributed by atoms with Gasteiger partial charge in [-0.1, -0.05) is 51.5 Å². The molecular weight excluding hydrogens is 256 g/mol. The first-order valence-electron chi connectivity index (χ1n) is 8.29. The lowest BCUT2D eigenvalue weighted by molar-refractivity contribution is 0.0114. The van der Waals surface area contributed by atoms with Crippen molar-refractivity contribution in [1.29, 1.82) is 0 Å². The molecule has 116 valence electrons. The Kier molecular flexibility index (Phi) is 4.81. The Morgan fingerprint density at radius 2 is 1.81 bits per heavy atom. The van der Waals surface area contributed by atoms with E-state index in [4.69, 9.17) is 4.74 Å². The second kappa shape index (κ2) is 6.25. The first kappa shape index (κ1) is 16.1. The van der Waals surface area contributed by atoms with Gasteiger partial charge in [-0.25, -0.2) is 0 Å². The second-order valence-corrected chi connectivity index (χ2v) is 7.26. The molecule has 1 aromatic carbocycles. The fraction of sp³-hybridized carbons (Fsp3) is 0.600. The highest BCUT2D eigenvalue weighted by Gasteiger charge is 2.37. The number of rotatable bonds is 4. The Morgan fingerprint density at radius 1 is 1.10 bits per heavy atom. The maximum atomic E-state index is 6.63. The lowest BCUT2D eigenvalue weighted by Crippen LogP contribution is -2.42. The van der Waals surface area contributed by atoms with Gasteiger partial charge in [0.1, 0.15) is 11.4 Å². The normalized spacial score (nSPS) is 22.6. The van der Waals surface area contributed by atoms with Crippen LogP contribution in [0, 0.1) is 12.8 Å². The smallest absolute Gasteiger partial charge is 0.123 e. The fourth-order valence-corrected chi connectivity index (χ4v) is 3.00. The summed E-state index contributed by atoms with van der Waals surface area (Å²) in [4.78, 5) is 0. The minimum Gasteiger partial charge on any atom is -0.486 e. The number of aryl methyl sites for hydroxylation is 1. The largest absolute Gasteiger partial charge is 0.486 e. The Morgan fingerprint density at radius 3 is 2.33 bits per heavy atom. The third-order valence-electron chi connectivity index (χ3n) is 4.98. The van der Waals surface area contributed by atoms with Crippen molar-refractivity contribution in [1.82, 2.24) is 0 Å². The van der Waals surface area contributed by atoms with E-state index in [9.17, 15) is 0 Å². The zero-order valence-electron chi connectivity index (χ0n) is 14.5. The van der Waals surface area contributed by atoms with Crippen molar-refractivity contribution in [2.45, 2.75) is 72.3 Å². The molecule has 0 saturated carbocycles. The Labute approximate surface area is 130 Å². The predicted octanol–water partition coefficient (Wildman–Crippen LogP) is 6.02. The van der Waals surface area contributed by atoms with Crippen molar-refractivity contribution in [3.05, 3.63) is 41.0 Å². The molecule has 0 bridgehead atoms. The summed E-state index contributed by atoms with van der Waals surface area (Å²) in [7, 11) is 0. The molecule has 0 heterocycles. The predicted molar refractivity (Wildman–Crippen MR) is 91.1 cm³/mol. The Hall–Kier alpha value is -1.24. The number of allylic oxidation sites excluding steroid dienone is 1. The zero-order chi connectivity index (χ0) is 15.6. The molecular formula is C20H30O. The zero-order valence-corrected chi connectivity index (χ0v) is 14.5. The van der Waals surface area contributed by atoms with Gasteiger partial charge in [0.25, 0.3) is 0 Å². The van der Waals surface area contributed by atoms with E-state index in [1.807, 2.05) is 0 Å². The van der Waals surface area contributed by atoms with Crippen molar-refractivity contribution in [2.75, 3.05) is 0 Å². The molecule has 1 nitrogen and oxygen atoms in total. The Bertz CT molecular complexity index is 525. The van der Waals surface area contributed by atoms with E-state index in [0.717, 1.165) is 25.0 Å². The maximum Gasteiger partial charge on any atom is 0.123 e. The number of benzene rings is 1. The highest BCUT2D eigenvalue weighted by molar-refractivity contribution is 5.38. The van der Waals surface area contributed by atoms with Crippen LogP contribution >= 0.6 is 0 Å². The molecule has 0 spiro atoms. The maximum absolute atomic E-state index is 6.63.